The molecule has 8 heteroatoms. The molecule has 0 aliphatic heterocycles. The number of anilines is 1. The highest BCUT2D eigenvalue weighted by Crippen LogP contribution is 2.27. The molecule has 1 unspecified atom stereocenters. The number of amides is 1. The van der Waals surface area contributed by atoms with Crippen LogP contribution in [0, 0.1) is 5.92 Å². The largest absolute Gasteiger partial charge is 0.497 e. The van der Waals surface area contributed by atoms with Crippen LogP contribution in [0.5, 0.6) is 5.75 Å². The van der Waals surface area contributed by atoms with E-state index in [4.69, 9.17) is 4.74 Å². The molecule has 0 radical (unpaired) electrons. The number of carbonyl (C=O) groups is 2. The van der Waals surface area contributed by atoms with Crippen LogP contribution in [0.1, 0.15) is 37.5 Å². The molecule has 1 atom stereocenters. The van der Waals surface area contributed by atoms with Gasteiger partial charge < -0.3 is 9.47 Å². The quantitative estimate of drug-likeness (QED) is 0.266. The van der Waals surface area contributed by atoms with Crippen LogP contribution < -0.4 is 9.64 Å². The number of rotatable bonds is 9. The second kappa shape index (κ2) is 12.0. The fraction of sp³-hybridized carbons (Fsp3) is 0.259. The highest BCUT2D eigenvalue weighted by molar-refractivity contribution is 6.17. The van der Waals surface area contributed by atoms with E-state index >= 15 is 0 Å². The van der Waals surface area contributed by atoms with E-state index in [0.29, 0.717) is 12.2 Å². The summed E-state index contributed by atoms with van der Waals surface area (Å²) in [5.41, 5.74) is 3.48. The third-order valence-corrected chi connectivity index (χ3v) is 5.51. The van der Waals surface area contributed by atoms with Crippen molar-refractivity contribution in [1.29, 1.82) is 0 Å². The van der Waals surface area contributed by atoms with Crippen molar-refractivity contribution in [2.24, 2.45) is 5.92 Å². The summed E-state index contributed by atoms with van der Waals surface area (Å²) in [5, 5.41) is 0. The Balaban J connectivity index is 1.91. The average molecular weight is 471 g/mol. The Morgan fingerprint density at radius 3 is 2.34 bits per heavy atom. The second-order valence-corrected chi connectivity index (χ2v) is 8.54. The van der Waals surface area contributed by atoms with Crippen LogP contribution >= 0.6 is 0 Å². The number of nitrogens with zero attached hydrogens (tertiary/aromatic N) is 3. The van der Waals surface area contributed by atoms with Gasteiger partial charge in [0.2, 0.25) is 5.91 Å². The van der Waals surface area contributed by atoms with Crippen molar-refractivity contribution in [3.8, 4) is 16.9 Å². The zero-order valence-electron chi connectivity index (χ0n) is 20.8. The number of methoxy groups -OCH3 is 2. The predicted molar refractivity (Wildman–Crippen MR) is 140 cm³/mol. The van der Waals surface area contributed by atoms with E-state index in [-0.39, 0.29) is 17.8 Å². The van der Waals surface area contributed by atoms with Crippen molar-refractivity contribution in [3.63, 3.8) is 0 Å². The highest BCUT2D eigenvalue weighted by Gasteiger charge is 2.26. The van der Waals surface area contributed by atoms with Crippen LogP contribution in [0.4, 0.5) is 5.82 Å². The lowest BCUT2D eigenvalue weighted by atomic mass is 9.89. The Labute approximate surface area is 207 Å². The Morgan fingerprint density at radius 1 is 1.03 bits per heavy atom. The van der Waals surface area contributed by atoms with Crippen molar-refractivity contribution < 1.29 is 19.1 Å². The van der Waals surface area contributed by atoms with E-state index in [1.807, 2.05) is 64.3 Å². The first-order valence-electron chi connectivity index (χ1n) is 11.5. The van der Waals surface area contributed by atoms with Gasteiger partial charge in [0.05, 0.1) is 19.9 Å². The number of hydrogen-bond donors (Lipinski definition) is 0. The van der Waals surface area contributed by atoms with E-state index in [2.05, 4.69) is 14.7 Å². The lowest BCUT2D eigenvalue weighted by Gasteiger charge is -2.29. The summed E-state index contributed by atoms with van der Waals surface area (Å²) in [6.07, 6.45) is 6.77. The van der Waals surface area contributed by atoms with Crippen LogP contribution in [-0.2, 0) is 14.3 Å². The average Bonchev–Trinajstić information content (AvgIpc) is 2.87. The third-order valence-electron chi connectivity index (χ3n) is 5.51. The maximum atomic E-state index is 13.3. The molecule has 3 rings (SSSR count). The van der Waals surface area contributed by atoms with Crippen LogP contribution in [-0.4, -0.2) is 43.9 Å². The highest BCUT2D eigenvalue weighted by atomic mass is 16.5. The number of pyridine rings is 2. The number of ether oxygens (including phenoxy) is 2. The van der Waals surface area contributed by atoms with Gasteiger partial charge in [0, 0.05) is 36.4 Å². The summed E-state index contributed by atoms with van der Waals surface area (Å²) in [6, 6.07) is 15.2. The van der Waals surface area contributed by atoms with E-state index in [9.17, 15) is 9.59 Å². The number of hydrogen-bond acceptors (Lipinski definition) is 6. The zero-order valence-corrected chi connectivity index (χ0v) is 20.8. The molecule has 0 bridgehead atoms. The molecule has 1 aromatic carbocycles. The minimum atomic E-state index is -0.453. The van der Waals surface area contributed by atoms with Gasteiger partial charge in [-0.3, -0.25) is 14.7 Å². The lowest BCUT2D eigenvalue weighted by molar-refractivity contribution is -0.134. The minimum absolute atomic E-state index is 0.0462. The van der Waals surface area contributed by atoms with E-state index in [1.54, 1.807) is 36.4 Å². The SMILES string of the molecule is BC(c1ccc(-c2ccc(OC)cc2)cn1)N(C(=O)CC(C)C)c1cc(/C=C/C(=O)OC)ccn1. The summed E-state index contributed by atoms with van der Waals surface area (Å²) in [4.78, 5) is 35.6. The topological polar surface area (TPSA) is 81.6 Å². The standard InChI is InChI=1S/C27H30BN3O4/c1-18(2)15-25(32)31(24-16-19(13-14-29-24)5-12-26(33)35-4)27(28)23-11-8-21(17-30-23)20-6-9-22(34-3)10-7-20/h5-14,16-18,27H,15,28H2,1-4H3/b12-5+. The summed E-state index contributed by atoms with van der Waals surface area (Å²) in [5.74, 6) is 0.628. The molecule has 35 heavy (non-hydrogen) atoms. The molecule has 2 aromatic heterocycles. The molecule has 0 saturated carbocycles. The third kappa shape index (κ3) is 6.79. The van der Waals surface area contributed by atoms with Crippen LogP contribution in [0.3, 0.4) is 0 Å². The second-order valence-electron chi connectivity index (χ2n) is 8.54. The number of aromatic nitrogens is 2. The number of benzene rings is 1. The first kappa shape index (κ1) is 25.7. The minimum Gasteiger partial charge on any atom is -0.497 e. The normalized spacial score (nSPS) is 11.9. The summed E-state index contributed by atoms with van der Waals surface area (Å²) in [7, 11) is 4.90. The van der Waals surface area contributed by atoms with Crippen molar-refractivity contribution in [2.75, 3.05) is 19.1 Å². The molecule has 7 nitrogen and oxygen atoms in total. The molecule has 0 saturated heterocycles. The molecule has 0 aliphatic carbocycles. The summed E-state index contributed by atoms with van der Waals surface area (Å²) >= 11 is 0. The molecular formula is C27H30BN3O4. The van der Waals surface area contributed by atoms with Crippen LogP contribution in [0.25, 0.3) is 17.2 Å². The first-order chi connectivity index (χ1) is 16.8. The fourth-order valence-corrected chi connectivity index (χ4v) is 3.63. The van der Waals surface area contributed by atoms with Gasteiger partial charge in [-0.05, 0) is 53.5 Å². The smallest absolute Gasteiger partial charge is 0.330 e. The van der Waals surface area contributed by atoms with E-state index in [1.165, 1.54) is 13.2 Å². The molecule has 0 aliphatic rings. The van der Waals surface area contributed by atoms with Crippen LogP contribution in [0.15, 0.2) is 67.0 Å². The Morgan fingerprint density at radius 2 is 1.74 bits per heavy atom. The van der Waals surface area contributed by atoms with Gasteiger partial charge in [-0.25, -0.2) is 9.78 Å². The summed E-state index contributed by atoms with van der Waals surface area (Å²) < 4.78 is 9.89. The molecular weight excluding hydrogens is 441 g/mol. The lowest BCUT2D eigenvalue weighted by Crippen LogP contribution is -2.37. The van der Waals surface area contributed by atoms with Crippen molar-refractivity contribution in [2.45, 2.75) is 26.2 Å². The van der Waals surface area contributed by atoms with Gasteiger partial charge in [-0.1, -0.05) is 32.0 Å². The maximum Gasteiger partial charge on any atom is 0.330 e. The maximum absolute atomic E-state index is 13.3. The zero-order chi connectivity index (χ0) is 25.4. The Bertz CT molecular complexity index is 1180. The Hall–Kier alpha value is -3.94. The van der Waals surface area contributed by atoms with Gasteiger partial charge in [-0.2, -0.15) is 0 Å². The van der Waals surface area contributed by atoms with Gasteiger partial charge >= 0.3 is 5.97 Å². The van der Waals surface area contributed by atoms with Gasteiger partial charge in [-0.15, -0.1) is 0 Å². The van der Waals surface area contributed by atoms with E-state index < -0.39 is 5.97 Å². The molecule has 0 N–H and O–H groups in total. The summed E-state index contributed by atoms with van der Waals surface area (Å²) in [6.45, 7) is 4.01. The molecule has 1 amide bonds. The van der Waals surface area contributed by atoms with Crippen LogP contribution in [0.2, 0.25) is 0 Å². The van der Waals surface area contributed by atoms with Crippen molar-refractivity contribution in [3.05, 3.63) is 78.3 Å². The van der Waals surface area contributed by atoms with Gasteiger partial charge in [0.15, 0.2) is 0 Å². The molecule has 0 spiro atoms. The van der Waals surface area contributed by atoms with Crippen molar-refractivity contribution in [1.82, 2.24) is 9.97 Å². The van der Waals surface area contributed by atoms with E-state index in [0.717, 1.165) is 28.1 Å². The molecule has 180 valence electrons. The molecule has 0 fully saturated rings. The molecule has 3 aromatic rings. The number of esters is 1. The Kier molecular flexibility index (Phi) is 8.78. The first-order valence-corrected chi connectivity index (χ1v) is 11.5. The molecule has 2 heterocycles. The van der Waals surface area contributed by atoms with Gasteiger partial charge in [0.25, 0.3) is 0 Å². The number of carbonyl (C=O) groups excluding carboxylic acids is 2. The monoisotopic (exact) mass is 471 g/mol. The predicted octanol–water partition coefficient (Wildman–Crippen LogP) is 4.05. The van der Waals surface area contributed by atoms with Gasteiger partial charge in [0.1, 0.15) is 19.4 Å². The fourth-order valence-electron chi connectivity index (χ4n) is 3.63. The van der Waals surface area contributed by atoms with Crippen molar-refractivity contribution >= 4 is 31.6 Å².